The minimum atomic E-state index is -0.652. The van der Waals surface area contributed by atoms with Gasteiger partial charge in [-0.25, -0.2) is 4.39 Å². The summed E-state index contributed by atoms with van der Waals surface area (Å²) in [4.78, 5) is 25.5. The van der Waals surface area contributed by atoms with Crippen LogP contribution in [0, 0.1) is 0 Å². The first kappa shape index (κ1) is 27.7. The topological polar surface area (TPSA) is 79.9 Å². The Morgan fingerprint density at radius 2 is 1.89 bits per heavy atom. The number of nitrogens with zero attached hydrogens (tertiary/aromatic N) is 1. The highest BCUT2D eigenvalue weighted by Gasteiger charge is 2.14. The van der Waals surface area contributed by atoms with Crippen LogP contribution in [-0.4, -0.2) is 35.3 Å². The molecule has 0 aromatic heterocycles. The second-order valence-corrected chi connectivity index (χ2v) is 8.78. The number of methoxy groups -OCH3 is 1. The molecule has 2 aromatic rings. The second kappa shape index (κ2) is 14.0. The maximum Gasteiger partial charge on any atom is 0.234 e. The second-order valence-electron chi connectivity index (χ2n) is 7.41. The highest BCUT2D eigenvalue weighted by Crippen LogP contribution is 2.24. The number of benzene rings is 2. The Morgan fingerprint density at radius 3 is 2.49 bits per heavy atom. The first-order chi connectivity index (χ1) is 16.7. The van der Waals surface area contributed by atoms with Crippen LogP contribution >= 0.6 is 15.9 Å². The summed E-state index contributed by atoms with van der Waals surface area (Å²) in [7, 11) is 1.55. The lowest BCUT2D eigenvalue weighted by Crippen LogP contribution is -2.33. The maximum atomic E-state index is 13.3. The van der Waals surface area contributed by atoms with Gasteiger partial charge in [-0.2, -0.15) is 0 Å². The number of ether oxygens (including phenoxy) is 2. The Balaban J connectivity index is 2.33. The van der Waals surface area contributed by atoms with Gasteiger partial charge in [0.1, 0.15) is 23.1 Å². The van der Waals surface area contributed by atoms with Crippen molar-refractivity contribution in [3.63, 3.8) is 0 Å². The van der Waals surface area contributed by atoms with Gasteiger partial charge in [0.25, 0.3) is 0 Å². The van der Waals surface area contributed by atoms with Gasteiger partial charge in [-0.05, 0) is 55.0 Å². The summed E-state index contributed by atoms with van der Waals surface area (Å²) < 4.78 is 24.5. The van der Waals surface area contributed by atoms with Crippen molar-refractivity contribution in [2.45, 2.75) is 25.2 Å². The number of allylic oxidation sites excluding steroid dienone is 3. The number of amides is 2. The number of halogens is 2. The number of alkyl halides is 1. The summed E-state index contributed by atoms with van der Waals surface area (Å²) in [5.41, 5.74) is 1.43. The van der Waals surface area contributed by atoms with E-state index in [-0.39, 0.29) is 35.6 Å². The molecule has 0 saturated carbocycles. The molecule has 0 aliphatic rings. The fraction of sp³-hybridized carbons (Fsp3) is 0.231. The molecule has 1 unspecified atom stereocenters. The van der Waals surface area contributed by atoms with E-state index in [0.29, 0.717) is 17.2 Å². The molecule has 35 heavy (non-hydrogen) atoms. The average Bonchev–Trinajstić information content (AvgIpc) is 2.83. The van der Waals surface area contributed by atoms with Gasteiger partial charge in [-0.3, -0.25) is 9.59 Å². The minimum Gasteiger partial charge on any atom is -0.497 e. The third-order valence-corrected chi connectivity index (χ3v) is 5.07. The lowest BCUT2D eigenvalue weighted by Gasteiger charge is -2.21. The molecule has 9 heteroatoms. The third kappa shape index (κ3) is 9.66. The van der Waals surface area contributed by atoms with E-state index in [1.54, 1.807) is 56.5 Å². The van der Waals surface area contributed by atoms with Crippen LogP contribution in [0.5, 0.6) is 11.5 Å². The maximum absolute atomic E-state index is 13.3. The quantitative estimate of drug-likeness (QED) is 0.164. The highest BCUT2D eigenvalue weighted by atomic mass is 79.9. The molecule has 7 nitrogen and oxygen atoms in total. The molecule has 2 rings (SSSR count). The van der Waals surface area contributed by atoms with E-state index in [4.69, 9.17) is 9.47 Å². The summed E-state index contributed by atoms with van der Waals surface area (Å²) in [6.45, 7) is 6.72. The molecule has 1 atom stereocenters. The Kier molecular flexibility index (Phi) is 11.0. The SMILES string of the molecule is C=C(F)/C=C\C(=C\N(Cc1cc(OC)ccc1NCNC(=O)C(C)Br)C(C)=O)Oc1ccccc1. The van der Waals surface area contributed by atoms with E-state index in [1.807, 2.05) is 6.07 Å². The molecule has 0 bridgehead atoms. The normalized spacial score (nSPS) is 12.1. The Bertz CT molecular complexity index is 1090. The summed E-state index contributed by atoms with van der Waals surface area (Å²) in [5.74, 6) is 0.288. The highest BCUT2D eigenvalue weighted by molar-refractivity contribution is 9.10. The summed E-state index contributed by atoms with van der Waals surface area (Å²) in [6.07, 6.45) is 4.04. The molecule has 2 aromatic carbocycles. The van der Waals surface area contributed by atoms with Crippen LogP contribution in [0.3, 0.4) is 0 Å². The van der Waals surface area contributed by atoms with Crippen molar-refractivity contribution < 1.29 is 23.5 Å². The van der Waals surface area contributed by atoms with Crippen LogP contribution in [0.2, 0.25) is 0 Å². The monoisotopic (exact) mass is 545 g/mol. The summed E-state index contributed by atoms with van der Waals surface area (Å²) >= 11 is 3.22. The van der Waals surface area contributed by atoms with Gasteiger partial charge in [0.05, 0.1) is 25.2 Å². The molecule has 0 aliphatic carbocycles. The van der Waals surface area contributed by atoms with Gasteiger partial charge >= 0.3 is 0 Å². The fourth-order valence-corrected chi connectivity index (χ4v) is 3.01. The molecule has 0 saturated heterocycles. The number of hydrogen-bond acceptors (Lipinski definition) is 5. The number of rotatable bonds is 12. The standard InChI is InChI=1S/C26H29BrFN3O4/c1-18(28)10-11-24(35-22-8-6-5-7-9-22)16-31(20(3)32)15-21-14-23(34-4)12-13-25(21)29-17-30-26(33)19(2)27/h5-14,16,19,29H,1,15,17H2,2-4H3,(H,30,33)/b11-10-,24-16-. The van der Waals surface area contributed by atoms with Gasteiger partial charge in [0.2, 0.25) is 11.8 Å². The molecular weight excluding hydrogens is 517 g/mol. The number of carbonyl (C=O) groups excluding carboxylic acids is 2. The van der Waals surface area contributed by atoms with Crippen LogP contribution < -0.4 is 20.1 Å². The largest absolute Gasteiger partial charge is 0.497 e. The van der Waals surface area contributed by atoms with Crippen molar-refractivity contribution in [2.75, 3.05) is 19.1 Å². The zero-order chi connectivity index (χ0) is 25.8. The number of hydrogen-bond donors (Lipinski definition) is 2. The molecule has 2 N–H and O–H groups in total. The van der Waals surface area contributed by atoms with Crippen molar-refractivity contribution in [2.24, 2.45) is 0 Å². The predicted octanol–water partition coefficient (Wildman–Crippen LogP) is 5.27. The van der Waals surface area contributed by atoms with Gasteiger partial charge in [0.15, 0.2) is 0 Å². The number of nitrogens with one attached hydrogen (secondary N) is 2. The lowest BCUT2D eigenvalue weighted by molar-refractivity contribution is -0.126. The Morgan fingerprint density at radius 1 is 1.17 bits per heavy atom. The minimum absolute atomic E-state index is 0.156. The molecule has 186 valence electrons. The zero-order valence-electron chi connectivity index (χ0n) is 19.9. The first-order valence-electron chi connectivity index (χ1n) is 10.8. The van der Waals surface area contributed by atoms with E-state index in [2.05, 4.69) is 33.1 Å². The molecule has 2 amide bonds. The van der Waals surface area contributed by atoms with Crippen LogP contribution in [0.25, 0.3) is 0 Å². The van der Waals surface area contributed by atoms with Crippen molar-refractivity contribution in [1.29, 1.82) is 0 Å². The summed E-state index contributed by atoms with van der Waals surface area (Å²) in [5, 5.41) is 5.91. The van der Waals surface area contributed by atoms with Gasteiger partial charge in [-0.1, -0.05) is 40.7 Å². The van der Waals surface area contributed by atoms with Crippen LogP contribution in [0.4, 0.5) is 10.1 Å². The van der Waals surface area contributed by atoms with Crippen LogP contribution in [0.15, 0.2) is 85.0 Å². The molecule has 0 heterocycles. The van der Waals surface area contributed by atoms with Gasteiger partial charge in [0, 0.05) is 18.8 Å². The zero-order valence-corrected chi connectivity index (χ0v) is 21.5. The number of anilines is 1. The van der Waals surface area contributed by atoms with Gasteiger partial charge < -0.3 is 25.0 Å². The summed E-state index contributed by atoms with van der Waals surface area (Å²) in [6, 6.07) is 14.3. The molecular formula is C26H29BrFN3O4. The van der Waals surface area contributed by atoms with Crippen LogP contribution in [-0.2, 0) is 16.1 Å². The van der Waals surface area contributed by atoms with E-state index >= 15 is 0 Å². The Hall–Kier alpha value is -3.59. The molecule has 0 fully saturated rings. The number of para-hydroxylation sites is 1. The first-order valence-corrected chi connectivity index (χ1v) is 11.7. The Labute approximate surface area is 213 Å². The van der Waals surface area contributed by atoms with Crippen molar-refractivity contribution >= 4 is 33.4 Å². The smallest absolute Gasteiger partial charge is 0.234 e. The van der Waals surface area contributed by atoms with E-state index < -0.39 is 5.83 Å². The molecule has 0 aliphatic heterocycles. The van der Waals surface area contributed by atoms with Crippen molar-refractivity contribution in [3.05, 3.63) is 90.6 Å². The molecule has 0 spiro atoms. The fourth-order valence-electron chi connectivity index (χ4n) is 2.85. The van der Waals surface area contributed by atoms with Crippen LogP contribution in [0.1, 0.15) is 19.4 Å². The van der Waals surface area contributed by atoms with E-state index in [0.717, 1.165) is 11.6 Å². The van der Waals surface area contributed by atoms with Crippen molar-refractivity contribution in [3.8, 4) is 11.5 Å². The van der Waals surface area contributed by atoms with Crippen molar-refractivity contribution in [1.82, 2.24) is 10.2 Å². The van der Waals surface area contributed by atoms with Gasteiger partial charge in [-0.15, -0.1) is 0 Å². The predicted molar refractivity (Wildman–Crippen MR) is 139 cm³/mol. The third-order valence-electron chi connectivity index (χ3n) is 4.65. The lowest BCUT2D eigenvalue weighted by atomic mass is 10.1. The number of carbonyl (C=O) groups is 2. The average molecular weight is 546 g/mol. The van der Waals surface area contributed by atoms with E-state index in [9.17, 15) is 14.0 Å². The van der Waals surface area contributed by atoms with E-state index in [1.165, 1.54) is 24.1 Å². The molecule has 0 radical (unpaired) electrons.